The van der Waals surface area contributed by atoms with Crippen LogP contribution in [0, 0.1) is 0 Å². The van der Waals surface area contributed by atoms with E-state index in [2.05, 4.69) is 11.9 Å². The second-order valence-corrected chi connectivity index (χ2v) is 7.81. The van der Waals surface area contributed by atoms with E-state index in [0.29, 0.717) is 15.7 Å². The minimum absolute atomic E-state index is 0.352. The highest BCUT2D eigenvalue weighted by Gasteiger charge is 2.25. The van der Waals surface area contributed by atoms with E-state index in [9.17, 15) is 8.42 Å². The Kier molecular flexibility index (Phi) is 4.53. The lowest BCUT2D eigenvalue weighted by atomic mass is 9.98. The van der Waals surface area contributed by atoms with Crippen molar-refractivity contribution >= 4 is 9.84 Å². The first-order valence-corrected chi connectivity index (χ1v) is 9.38. The minimum Gasteiger partial charge on any atom is -0.391 e. The van der Waals surface area contributed by atoms with Crippen LogP contribution in [0.1, 0.15) is 29.9 Å². The van der Waals surface area contributed by atoms with Crippen LogP contribution in [0.4, 0.5) is 0 Å². The molecular weight excluding hydrogens is 306 g/mol. The van der Waals surface area contributed by atoms with Crippen molar-refractivity contribution in [1.29, 1.82) is 0 Å². The number of hydrogen-bond acceptors (Lipinski definition) is 3. The topological polar surface area (TPSA) is 46.2 Å². The van der Waals surface area contributed by atoms with Gasteiger partial charge in [-0.1, -0.05) is 30.8 Å². The van der Waals surface area contributed by atoms with Gasteiger partial charge < -0.3 is 5.32 Å². The highest BCUT2D eigenvalue weighted by Crippen LogP contribution is 2.37. The maximum Gasteiger partial charge on any atom is 0.206 e. The van der Waals surface area contributed by atoms with Crippen LogP contribution in [0.5, 0.6) is 0 Å². The van der Waals surface area contributed by atoms with Crippen molar-refractivity contribution < 1.29 is 8.42 Å². The molecule has 2 aromatic carbocycles. The molecule has 0 aromatic heterocycles. The molecule has 0 fully saturated rings. The van der Waals surface area contributed by atoms with Crippen molar-refractivity contribution in [2.45, 2.75) is 35.0 Å². The van der Waals surface area contributed by atoms with Gasteiger partial charge in [0.15, 0.2) is 0 Å². The molecule has 4 heteroatoms. The van der Waals surface area contributed by atoms with Crippen molar-refractivity contribution in [3.8, 4) is 0 Å². The van der Waals surface area contributed by atoms with Crippen LogP contribution in [0.25, 0.3) is 0 Å². The van der Waals surface area contributed by atoms with Gasteiger partial charge in [-0.15, -0.1) is 0 Å². The van der Waals surface area contributed by atoms with E-state index < -0.39 is 9.84 Å². The molecule has 23 heavy (non-hydrogen) atoms. The van der Waals surface area contributed by atoms with Gasteiger partial charge in [-0.3, -0.25) is 0 Å². The summed E-state index contributed by atoms with van der Waals surface area (Å²) in [6, 6.07) is 14.2. The Hall–Kier alpha value is -2.07. The molecule has 0 saturated heterocycles. The predicted octanol–water partition coefficient (Wildman–Crippen LogP) is 3.67. The zero-order valence-corrected chi connectivity index (χ0v) is 13.9. The van der Waals surface area contributed by atoms with E-state index in [-0.39, 0.29) is 0 Å². The Labute approximate surface area is 138 Å². The molecule has 0 aliphatic heterocycles. The average molecular weight is 327 g/mol. The van der Waals surface area contributed by atoms with Crippen molar-refractivity contribution in [1.82, 2.24) is 5.32 Å². The molecule has 120 valence electrons. The predicted molar refractivity (Wildman–Crippen MR) is 92.2 cm³/mol. The normalized spacial score (nSPS) is 16.8. The lowest BCUT2D eigenvalue weighted by Gasteiger charge is -2.12. The van der Waals surface area contributed by atoms with Gasteiger partial charge in [-0.2, -0.15) is 0 Å². The molecule has 3 rings (SSSR count). The van der Waals surface area contributed by atoms with Gasteiger partial charge in [0.1, 0.15) is 0 Å². The summed E-state index contributed by atoms with van der Waals surface area (Å²) in [6.07, 6.45) is 4.80. The summed E-state index contributed by atoms with van der Waals surface area (Å²) >= 11 is 0. The fourth-order valence-electron chi connectivity index (χ4n) is 3.24. The monoisotopic (exact) mass is 327 g/mol. The summed E-state index contributed by atoms with van der Waals surface area (Å²) in [7, 11) is -3.42. The third kappa shape index (κ3) is 3.17. The lowest BCUT2D eigenvalue weighted by Crippen LogP contribution is -2.10. The molecule has 0 saturated carbocycles. The van der Waals surface area contributed by atoms with Crippen LogP contribution in [0.3, 0.4) is 0 Å². The van der Waals surface area contributed by atoms with E-state index in [4.69, 9.17) is 0 Å². The van der Waals surface area contributed by atoms with Crippen molar-refractivity contribution in [2.75, 3.05) is 6.54 Å². The van der Waals surface area contributed by atoms with Gasteiger partial charge in [0.2, 0.25) is 9.84 Å². The van der Waals surface area contributed by atoms with E-state index in [0.717, 1.165) is 25.8 Å². The summed E-state index contributed by atoms with van der Waals surface area (Å²) in [5.41, 5.74) is 2.47. The Bertz CT molecular complexity index is 797. The Morgan fingerprint density at radius 3 is 2.65 bits per heavy atom. The first-order valence-electron chi connectivity index (χ1n) is 7.90. The highest BCUT2D eigenvalue weighted by atomic mass is 32.2. The summed E-state index contributed by atoms with van der Waals surface area (Å²) in [5.74, 6) is 0.505. The maximum atomic E-state index is 12.7. The highest BCUT2D eigenvalue weighted by molar-refractivity contribution is 7.91. The summed E-state index contributed by atoms with van der Waals surface area (Å²) < 4.78 is 25.4. The summed E-state index contributed by atoms with van der Waals surface area (Å²) in [5, 5.41) is 3.13. The number of nitrogens with one attached hydrogen (secondary N) is 1. The second kappa shape index (κ2) is 6.59. The third-order valence-electron chi connectivity index (χ3n) is 4.46. The molecule has 1 unspecified atom stereocenters. The van der Waals surface area contributed by atoms with E-state index in [1.54, 1.807) is 36.5 Å². The molecule has 0 bridgehead atoms. The Morgan fingerprint density at radius 2 is 1.91 bits per heavy atom. The largest absolute Gasteiger partial charge is 0.391 e. The lowest BCUT2D eigenvalue weighted by molar-refractivity contribution is 0.595. The Balaban J connectivity index is 1.87. The molecule has 3 nitrogen and oxygen atoms in total. The van der Waals surface area contributed by atoms with E-state index in [1.807, 2.05) is 18.2 Å². The van der Waals surface area contributed by atoms with Crippen LogP contribution in [0.15, 0.2) is 71.1 Å². The standard InChI is InChI=1S/C19H21NO2S/c1-2-20-13-12-15-8-9-16-14-18(10-11-19(15)16)23(21,22)17-6-4-3-5-7-17/h2-7,10-11,14-15,20H,1,8-9,12-13H2. The average Bonchev–Trinajstić information content (AvgIpc) is 2.98. The summed E-state index contributed by atoms with van der Waals surface area (Å²) in [6.45, 7) is 4.56. The van der Waals surface area contributed by atoms with Crippen LogP contribution < -0.4 is 5.32 Å². The summed E-state index contributed by atoms with van der Waals surface area (Å²) in [4.78, 5) is 0.747. The molecule has 0 heterocycles. The SMILES string of the molecule is C=CNCCC1CCc2cc(S(=O)(=O)c3ccccc3)ccc21. The number of rotatable bonds is 6. The van der Waals surface area contributed by atoms with Crippen molar-refractivity contribution in [3.63, 3.8) is 0 Å². The zero-order valence-electron chi connectivity index (χ0n) is 13.0. The van der Waals surface area contributed by atoms with Crippen LogP contribution in [-0.2, 0) is 16.3 Å². The van der Waals surface area contributed by atoms with Gasteiger partial charge in [0.05, 0.1) is 9.79 Å². The van der Waals surface area contributed by atoms with Gasteiger partial charge in [0.25, 0.3) is 0 Å². The molecule has 1 atom stereocenters. The number of benzene rings is 2. The van der Waals surface area contributed by atoms with Crippen molar-refractivity contribution in [3.05, 3.63) is 72.4 Å². The molecule has 0 amide bonds. The number of sulfone groups is 1. The number of hydrogen-bond donors (Lipinski definition) is 1. The molecule has 1 aliphatic carbocycles. The van der Waals surface area contributed by atoms with Gasteiger partial charge in [-0.25, -0.2) is 8.42 Å². The molecule has 0 radical (unpaired) electrons. The second-order valence-electron chi connectivity index (χ2n) is 5.86. The zero-order chi connectivity index (χ0) is 16.3. The van der Waals surface area contributed by atoms with Gasteiger partial charge in [-0.05, 0) is 66.8 Å². The molecule has 2 aromatic rings. The number of fused-ring (bicyclic) bond motifs is 1. The van der Waals surface area contributed by atoms with Crippen LogP contribution >= 0.6 is 0 Å². The fourth-order valence-corrected chi connectivity index (χ4v) is 4.58. The van der Waals surface area contributed by atoms with E-state index in [1.165, 1.54) is 11.1 Å². The smallest absolute Gasteiger partial charge is 0.206 e. The van der Waals surface area contributed by atoms with Gasteiger partial charge >= 0.3 is 0 Å². The van der Waals surface area contributed by atoms with Crippen LogP contribution in [-0.4, -0.2) is 15.0 Å². The van der Waals surface area contributed by atoms with E-state index >= 15 is 0 Å². The molecule has 1 N–H and O–H groups in total. The molecular formula is C19H21NO2S. The quantitative estimate of drug-likeness (QED) is 0.823. The number of aryl methyl sites for hydroxylation is 1. The third-order valence-corrected chi connectivity index (χ3v) is 6.23. The molecule has 0 spiro atoms. The first-order chi connectivity index (χ1) is 11.1. The molecule has 1 aliphatic rings. The fraction of sp³-hybridized carbons (Fsp3) is 0.263. The van der Waals surface area contributed by atoms with Gasteiger partial charge in [0, 0.05) is 6.54 Å². The van der Waals surface area contributed by atoms with Crippen molar-refractivity contribution in [2.24, 2.45) is 0 Å². The Morgan fingerprint density at radius 1 is 1.13 bits per heavy atom. The van der Waals surface area contributed by atoms with Crippen LogP contribution in [0.2, 0.25) is 0 Å². The maximum absolute atomic E-state index is 12.7. The minimum atomic E-state index is -3.42. The first kappa shape index (κ1) is 15.8.